The van der Waals surface area contributed by atoms with Crippen molar-refractivity contribution in [3.8, 4) is 0 Å². The lowest BCUT2D eigenvalue weighted by atomic mass is 10.2. The summed E-state index contributed by atoms with van der Waals surface area (Å²) in [5.41, 5.74) is 0. The lowest BCUT2D eigenvalue weighted by molar-refractivity contribution is 0.313. The van der Waals surface area contributed by atoms with Gasteiger partial charge in [0.2, 0.25) is 0 Å². The summed E-state index contributed by atoms with van der Waals surface area (Å²) in [4.78, 5) is 2.37. The first-order valence-corrected chi connectivity index (χ1v) is 5.27. The summed E-state index contributed by atoms with van der Waals surface area (Å²) in [5.74, 6) is 0. The van der Waals surface area contributed by atoms with Gasteiger partial charge in [0.1, 0.15) is 0 Å². The summed E-state index contributed by atoms with van der Waals surface area (Å²) in [7, 11) is 4.20. The third-order valence-corrected chi connectivity index (χ3v) is 2.36. The third-order valence-electron chi connectivity index (χ3n) is 2.36. The molecule has 13 heavy (non-hydrogen) atoms. The van der Waals surface area contributed by atoms with Crippen molar-refractivity contribution in [2.75, 3.05) is 40.3 Å². The van der Waals surface area contributed by atoms with E-state index in [-0.39, 0.29) is 0 Å². The molecule has 0 spiro atoms. The third kappa shape index (κ3) is 8.22. The van der Waals surface area contributed by atoms with Crippen molar-refractivity contribution in [2.24, 2.45) is 0 Å². The van der Waals surface area contributed by atoms with Crippen LogP contribution in [0, 0.1) is 0 Å². The Morgan fingerprint density at radius 3 is 2.54 bits per heavy atom. The van der Waals surface area contributed by atoms with Crippen LogP contribution in [0.25, 0.3) is 0 Å². The zero-order chi connectivity index (χ0) is 10.1. The van der Waals surface area contributed by atoms with Gasteiger partial charge in [0.15, 0.2) is 0 Å². The highest BCUT2D eigenvalue weighted by Gasteiger charge is 2.01. The van der Waals surface area contributed by atoms with Crippen LogP contribution < -0.4 is 10.6 Å². The molecule has 0 fully saturated rings. The fraction of sp³-hybridized carbons (Fsp3) is 1.00. The Hall–Kier alpha value is -0.120. The van der Waals surface area contributed by atoms with Crippen molar-refractivity contribution in [3.63, 3.8) is 0 Å². The van der Waals surface area contributed by atoms with Gasteiger partial charge in [-0.3, -0.25) is 0 Å². The molecule has 0 saturated carbocycles. The number of nitrogens with zero attached hydrogens (tertiary/aromatic N) is 1. The monoisotopic (exact) mass is 187 g/mol. The molecule has 80 valence electrons. The fourth-order valence-corrected chi connectivity index (χ4v) is 1.12. The molecule has 0 aromatic rings. The summed E-state index contributed by atoms with van der Waals surface area (Å²) in [6.07, 6.45) is 1.22. The van der Waals surface area contributed by atoms with E-state index in [9.17, 15) is 0 Å². The molecule has 0 rings (SSSR count). The Labute approximate surface area is 82.9 Å². The second-order valence-corrected chi connectivity index (χ2v) is 3.64. The number of likely N-dealkylation sites (N-methyl/N-ethyl adjacent to an activating group) is 2. The summed E-state index contributed by atoms with van der Waals surface area (Å²) in [5, 5.41) is 6.57. The highest BCUT2D eigenvalue weighted by molar-refractivity contribution is 4.61. The summed E-state index contributed by atoms with van der Waals surface area (Å²) < 4.78 is 0. The molecule has 1 atom stereocenters. The van der Waals surface area contributed by atoms with E-state index in [1.807, 2.05) is 7.05 Å². The van der Waals surface area contributed by atoms with E-state index in [1.165, 1.54) is 13.0 Å². The Kier molecular flexibility index (Phi) is 8.40. The first kappa shape index (κ1) is 12.9. The quantitative estimate of drug-likeness (QED) is 0.543. The molecule has 0 aliphatic carbocycles. The molecule has 0 amide bonds. The lowest BCUT2D eigenvalue weighted by Gasteiger charge is -2.19. The summed E-state index contributed by atoms with van der Waals surface area (Å²) >= 11 is 0. The normalized spacial score (nSPS) is 13.6. The Bertz CT molecular complexity index is 106. The van der Waals surface area contributed by atoms with Gasteiger partial charge >= 0.3 is 0 Å². The van der Waals surface area contributed by atoms with Crippen LogP contribution in [0.15, 0.2) is 0 Å². The van der Waals surface area contributed by atoms with Crippen molar-refractivity contribution in [1.82, 2.24) is 15.5 Å². The minimum atomic E-state index is 0.626. The van der Waals surface area contributed by atoms with Crippen LogP contribution in [0.4, 0.5) is 0 Å². The molecule has 3 nitrogen and oxygen atoms in total. The highest BCUT2D eigenvalue weighted by atomic mass is 15.1. The predicted octanol–water partition coefficient (Wildman–Crippen LogP) is 0.526. The molecule has 0 aliphatic heterocycles. The van der Waals surface area contributed by atoms with Crippen molar-refractivity contribution < 1.29 is 0 Å². The van der Waals surface area contributed by atoms with Gasteiger partial charge < -0.3 is 15.5 Å². The first-order valence-electron chi connectivity index (χ1n) is 5.27. The Morgan fingerprint density at radius 2 is 2.00 bits per heavy atom. The molecule has 0 bridgehead atoms. The molecule has 0 saturated heterocycles. The van der Waals surface area contributed by atoms with E-state index < -0.39 is 0 Å². The number of nitrogens with one attached hydrogen (secondary N) is 2. The van der Waals surface area contributed by atoms with Gasteiger partial charge in [-0.15, -0.1) is 0 Å². The smallest absolute Gasteiger partial charge is 0.0104 e. The minimum Gasteiger partial charge on any atom is -0.317 e. The van der Waals surface area contributed by atoms with Gasteiger partial charge in [-0.2, -0.15) is 0 Å². The molecule has 0 heterocycles. The van der Waals surface area contributed by atoms with E-state index in [4.69, 9.17) is 0 Å². The Morgan fingerprint density at radius 1 is 1.31 bits per heavy atom. The molecule has 2 N–H and O–H groups in total. The number of hydrogen-bond acceptors (Lipinski definition) is 3. The van der Waals surface area contributed by atoms with Crippen LogP contribution in [-0.2, 0) is 0 Å². The van der Waals surface area contributed by atoms with Crippen LogP contribution in [0.2, 0.25) is 0 Å². The van der Waals surface area contributed by atoms with Crippen LogP contribution in [0.1, 0.15) is 20.3 Å². The molecule has 0 aromatic heterocycles. The van der Waals surface area contributed by atoms with Crippen molar-refractivity contribution in [1.29, 1.82) is 0 Å². The van der Waals surface area contributed by atoms with E-state index in [1.54, 1.807) is 0 Å². The maximum Gasteiger partial charge on any atom is 0.0104 e. The summed E-state index contributed by atoms with van der Waals surface area (Å²) in [6, 6.07) is 0.626. The van der Waals surface area contributed by atoms with E-state index >= 15 is 0 Å². The second kappa shape index (κ2) is 8.48. The van der Waals surface area contributed by atoms with Crippen LogP contribution >= 0.6 is 0 Å². The summed E-state index contributed by atoms with van der Waals surface area (Å²) in [6.45, 7) is 8.85. The fourth-order valence-electron chi connectivity index (χ4n) is 1.12. The molecule has 0 radical (unpaired) electrons. The standard InChI is InChI=1S/C10H25N3/c1-5-12-7-9-13(4)8-6-10(2)11-3/h10-12H,5-9H2,1-4H3. The number of rotatable bonds is 8. The SMILES string of the molecule is CCNCCN(C)CCC(C)NC. The average Bonchev–Trinajstić information content (AvgIpc) is 2.14. The molecule has 0 aliphatic rings. The van der Waals surface area contributed by atoms with E-state index in [2.05, 4.69) is 36.4 Å². The molecule has 3 heteroatoms. The van der Waals surface area contributed by atoms with Gasteiger partial charge in [0.05, 0.1) is 0 Å². The van der Waals surface area contributed by atoms with Crippen LogP contribution in [0.3, 0.4) is 0 Å². The maximum atomic E-state index is 3.32. The van der Waals surface area contributed by atoms with Gasteiger partial charge in [0, 0.05) is 19.1 Å². The molecular formula is C10H25N3. The minimum absolute atomic E-state index is 0.626. The largest absolute Gasteiger partial charge is 0.317 e. The van der Waals surface area contributed by atoms with Crippen LogP contribution in [0.5, 0.6) is 0 Å². The van der Waals surface area contributed by atoms with E-state index in [0.717, 1.165) is 19.6 Å². The van der Waals surface area contributed by atoms with Crippen molar-refractivity contribution in [3.05, 3.63) is 0 Å². The van der Waals surface area contributed by atoms with Gasteiger partial charge in [-0.25, -0.2) is 0 Å². The zero-order valence-electron chi connectivity index (χ0n) is 9.56. The Balaban J connectivity index is 3.24. The van der Waals surface area contributed by atoms with Gasteiger partial charge in [-0.05, 0) is 40.5 Å². The zero-order valence-corrected chi connectivity index (χ0v) is 9.56. The number of hydrogen-bond donors (Lipinski definition) is 2. The second-order valence-electron chi connectivity index (χ2n) is 3.64. The lowest BCUT2D eigenvalue weighted by Crippen LogP contribution is -2.33. The molecular weight excluding hydrogens is 162 g/mol. The first-order chi connectivity index (χ1) is 6.20. The average molecular weight is 187 g/mol. The van der Waals surface area contributed by atoms with Crippen LogP contribution in [-0.4, -0.2) is 51.2 Å². The topological polar surface area (TPSA) is 27.3 Å². The van der Waals surface area contributed by atoms with Crippen molar-refractivity contribution >= 4 is 0 Å². The predicted molar refractivity (Wildman–Crippen MR) is 59.2 cm³/mol. The highest BCUT2D eigenvalue weighted by Crippen LogP contribution is 1.92. The molecule has 0 aromatic carbocycles. The van der Waals surface area contributed by atoms with Crippen molar-refractivity contribution in [2.45, 2.75) is 26.3 Å². The van der Waals surface area contributed by atoms with Gasteiger partial charge in [-0.1, -0.05) is 6.92 Å². The van der Waals surface area contributed by atoms with Gasteiger partial charge in [0.25, 0.3) is 0 Å². The van der Waals surface area contributed by atoms with E-state index in [0.29, 0.717) is 6.04 Å². The maximum absolute atomic E-state index is 3.32. The molecule has 1 unspecified atom stereocenters.